The first-order valence-corrected chi connectivity index (χ1v) is 4.13. The summed E-state index contributed by atoms with van der Waals surface area (Å²) in [5.41, 5.74) is 1.91. The Morgan fingerprint density at radius 2 is 2.07 bits per heavy atom. The predicted octanol–water partition coefficient (Wildman–Crippen LogP) is 2.25. The average molecular weight is 361 g/mol. The number of aryl methyl sites for hydroxylation is 1. The van der Waals surface area contributed by atoms with Crippen LogP contribution in [0.15, 0.2) is 36.5 Å². The van der Waals surface area contributed by atoms with Crippen molar-refractivity contribution in [1.29, 1.82) is 0 Å². The molecule has 0 spiro atoms. The van der Waals surface area contributed by atoms with Crippen LogP contribution in [0, 0.1) is 13.0 Å². The van der Waals surface area contributed by atoms with Crippen molar-refractivity contribution < 1.29 is 20.1 Å². The first kappa shape index (κ1) is 11.0. The zero-order valence-corrected chi connectivity index (χ0v) is 10.1. The topological polar surface area (TPSA) is 25.8 Å². The second-order valence-corrected chi connectivity index (χ2v) is 2.80. The van der Waals surface area contributed by atoms with Crippen molar-refractivity contribution >= 4 is 0 Å². The number of benzene rings is 1. The van der Waals surface area contributed by atoms with E-state index in [-0.39, 0.29) is 20.1 Å². The van der Waals surface area contributed by atoms with Crippen LogP contribution in [-0.4, -0.2) is 9.97 Å². The minimum absolute atomic E-state index is 0. The summed E-state index contributed by atoms with van der Waals surface area (Å²) in [5, 5.41) is 0. The van der Waals surface area contributed by atoms with Crippen LogP contribution in [-0.2, 0) is 20.1 Å². The third-order valence-electron chi connectivity index (χ3n) is 1.74. The van der Waals surface area contributed by atoms with E-state index in [9.17, 15) is 0 Å². The van der Waals surface area contributed by atoms with Gasteiger partial charge in [-0.25, -0.2) is 0 Å². The quantitative estimate of drug-likeness (QED) is 0.728. The van der Waals surface area contributed by atoms with Crippen molar-refractivity contribution in [2.24, 2.45) is 0 Å². The van der Waals surface area contributed by atoms with Crippen molar-refractivity contribution in [3.8, 4) is 11.4 Å². The molecule has 0 fully saturated rings. The molecule has 0 N–H and O–H groups in total. The second-order valence-electron chi connectivity index (χ2n) is 2.80. The van der Waals surface area contributed by atoms with Gasteiger partial charge in [-0.05, 0) is 13.0 Å². The van der Waals surface area contributed by atoms with Crippen LogP contribution in [0.4, 0.5) is 0 Å². The molecule has 0 saturated heterocycles. The van der Waals surface area contributed by atoms with Crippen molar-refractivity contribution in [3.05, 3.63) is 48.3 Å². The van der Waals surface area contributed by atoms with E-state index in [2.05, 4.69) is 16.0 Å². The fraction of sp³-hybridized carbons (Fsp3) is 0.0909. The summed E-state index contributed by atoms with van der Waals surface area (Å²) in [4.78, 5) is 8.47. The van der Waals surface area contributed by atoms with Gasteiger partial charge in [0.15, 0.2) is 0 Å². The number of rotatable bonds is 1. The maximum absolute atomic E-state index is 4.30. The molecule has 0 amide bonds. The molecule has 1 radical (unpaired) electrons. The smallest absolute Gasteiger partial charge is 0.0751 e. The summed E-state index contributed by atoms with van der Waals surface area (Å²) in [6, 6.07) is 12.7. The van der Waals surface area contributed by atoms with Gasteiger partial charge in [0.05, 0.1) is 5.82 Å². The summed E-state index contributed by atoms with van der Waals surface area (Å²) in [6.07, 6.45) is 1.76. The molecule has 1 aromatic heterocycles. The van der Waals surface area contributed by atoms with Crippen LogP contribution in [0.3, 0.4) is 0 Å². The van der Waals surface area contributed by atoms with Gasteiger partial charge in [0.1, 0.15) is 0 Å². The molecule has 0 aliphatic carbocycles. The van der Waals surface area contributed by atoms with Crippen molar-refractivity contribution in [1.82, 2.24) is 9.97 Å². The van der Waals surface area contributed by atoms with E-state index in [1.165, 1.54) is 0 Å². The van der Waals surface area contributed by atoms with Gasteiger partial charge in [0.2, 0.25) is 0 Å². The first-order valence-electron chi connectivity index (χ1n) is 4.13. The Balaban J connectivity index is 0.000000980. The molecule has 2 aromatic rings. The zero-order chi connectivity index (χ0) is 9.10. The standard InChI is InChI=1S/C11H9N2.Ir/c1-9-7-8-12-11(13-9)10-5-3-2-4-6-10;/h2-5,7-8H,1H3;/q-1;. The maximum atomic E-state index is 4.30. The molecule has 0 bridgehead atoms. The van der Waals surface area contributed by atoms with Crippen molar-refractivity contribution in [2.75, 3.05) is 0 Å². The Kier molecular flexibility index (Phi) is 3.93. The van der Waals surface area contributed by atoms with Gasteiger partial charge in [-0.3, -0.25) is 9.97 Å². The van der Waals surface area contributed by atoms with E-state index in [4.69, 9.17) is 0 Å². The molecule has 3 heteroatoms. The largest absolute Gasteiger partial charge is 0.285 e. The Morgan fingerprint density at radius 3 is 2.71 bits per heavy atom. The van der Waals surface area contributed by atoms with E-state index in [1.807, 2.05) is 37.3 Å². The van der Waals surface area contributed by atoms with Gasteiger partial charge < -0.3 is 0 Å². The second kappa shape index (κ2) is 4.99. The van der Waals surface area contributed by atoms with Gasteiger partial charge in [0.25, 0.3) is 0 Å². The molecule has 2 nitrogen and oxygen atoms in total. The molecule has 0 saturated carbocycles. The van der Waals surface area contributed by atoms with Gasteiger partial charge in [-0.1, -0.05) is 0 Å². The zero-order valence-electron chi connectivity index (χ0n) is 7.69. The summed E-state index contributed by atoms with van der Waals surface area (Å²) in [7, 11) is 0. The number of aromatic nitrogens is 2. The summed E-state index contributed by atoms with van der Waals surface area (Å²) < 4.78 is 0. The number of hydrogen-bond acceptors (Lipinski definition) is 2. The predicted molar refractivity (Wildman–Crippen MR) is 51.0 cm³/mol. The van der Waals surface area contributed by atoms with E-state index >= 15 is 0 Å². The monoisotopic (exact) mass is 362 g/mol. The molecule has 73 valence electrons. The van der Waals surface area contributed by atoms with Crippen LogP contribution in [0.1, 0.15) is 5.69 Å². The Bertz CT molecular complexity index is 401. The van der Waals surface area contributed by atoms with Crippen LogP contribution in [0.2, 0.25) is 0 Å². The third kappa shape index (κ3) is 2.47. The third-order valence-corrected chi connectivity index (χ3v) is 1.74. The molecule has 0 unspecified atom stereocenters. The molecular weight excluding hydrogens is 352 g/mol. The van der Waals surface area contributed by atoms with Crippen LogP contribution >= 0.6 is 0 Å². The summed E-state index contributed by atoms with van der Waals surface area (Å²) in [6.45, 7) is 1.95. The molecule has 14 heavy (non-hydrogen) atoms. The molecule has 0 aliphatic rings. The van der Waals surface area contributed by atoms with Gasteiger partial charge in [0, 0.05) is 32.0 Å². The van der Waals surface area contributed by atoms with Gasteiger partial charge in [-0.15, -0.1) is 35.9 Å². The Hall–Kier alpha value is -1.05. The fourth-order valence-corrected chi connectivity index (χ4v) is 1.11. The minimum Gasteiger partial charge on any atom is -0.285 e. The Labute approximate surface area is 96.8 Å². The Morgan fingerprint density at radius 1 is 1.21 bits per heavy atom. The summed E-state index contributed by atoms with van der Waals surface area (Å²) >= 11 is 0. The fourth-order valence-electron chi connectivity index (χ4n) is 1.11. The van der Waals surface area contributed by atoms with E-state index < -0.39 is 0 Å². The SMILES string of the molecule is Cc1ccnc(-c2[c-]cccc2)n1.[Ir]. The van der Waals surface area contributed by atoms with Crippen LogP contribution < -0.4 is 0 Å². The van der Waals surface area contributed by atoms with Crippen molar-refractivity contribution in [3.63, 3.8) is 0 Å². The van der Waals surface area contributed by atoms with E-state index in [0.29, 0.717) is 0 Å². The van der Waals surface area contributed by atoms with E-state index in [1.54, 1.807) is 6.20 Å². The van der Waals surface area contributed by atoms with Crippen LogP contribution in [0.25, 0.3) is 11.4 Å². The first-order chi connectivity index (χ1) is 6.36. The average Bonchev–Trinajstić information content (AvgIpc) is 2.19. The summed E-state index contributed by atoms with van der Waals surface area (Å²) in [5.74, 6) is 0.737. The minimum atomic E-state index is 0. The normalized spacial score (nSPS) is 9.21. The molecule has 0 aliphatic heterocycles. The molecular formula is C11H9IrN2-. The van der Waals surface area contributed by atoms with Gasteiger partial charge >= 0.3 is 0 Å². The molecule has 1 heterocycles. The molecule has 2 rings (SSSR count). The number of nitrogens with zero attached hydrogens (tertiary/aromatic N) is 2. The van der Waals surface area contributed by atoms with Gasteiger partial charge in [-0.2, -0.15) is 0 Å². The van der Waals surface area contributed by atoms with E-state index in [0.717, 1.165) is 17.1 Å². The molecule has 1 aromatic carbocycles. The van der Waals surface area contributed by atoms with Crippen LogP contribution in [0.5, 0.6) is 0 Å². The maximum Gasteiger partial charge on any atom is 0.0751 e. The van der Waals surface area contributed by atoms with Crippen molar-refractivity contribution in [2.45, 2.75) is 6.92 Å². The number of hydrogen-bond donors (Lipinski definition) is 0. The molecule has 0 atom stereocenters.